The zero-order valence-corrected chi connectivity index (χ0v) is 12.9. The summed E-state index contributed by atoms with van der Waals surface area (Å²) in [7, 11) is 0. The molecule has 2 rings (SSSR count). The molecule has 1 N–H and O–H groups in total. The first kappa shape index (κ1) is 14.1. The lowest BCUT2D eigenvalue weighted by Crippen LogP contribution is -2.41. The molecule has 0 fully saturated rings. The van der Waals surface area contributed by atoms with Gasteiger partial charge in [-0.2, -0.15) is 5.10 Å². The lowest BCUT2D eigenvalue weighted by Gasteiger charge is -2.35. The molecule has 0 aliphatic carbocycles. The quantitative estimate of drug-likeness (QED) is 0.869. The van der Waals surface area contributed by atoms with Crippen molar-refractivity contribution in [2.45, 2.75) is 19.4 Å². The average molecular weight is 343 g/mol. The Kier molecular flexibility index (Phi) is 3.96. The van der Waals surface area contributed by atoms with Gasteiger partial charge in [0.15, 0.2) is 0 Å². The van der Waals surface area contributed by atoms with Crippen molar-refractivity contribution in [1.82, 2.24) is 14.6 Å². The molecule has 1 unspecified atom stereocenters. The van der Waals surface area contributed by atoms with Crippen molar-refractivity contribution in [1.29, 1.82) is 0 Å². The van der Waals surface area contributed by atoms with E-state index < -0.39 is 5.54 Å². The van der Waals surface area contributed by atoms with E-state index in [0.29, 0.717) is 0 Å². The largest absolute Gasteiger partial charge is 0.280 e. The van der Waals surface area contributed by atoms with Gasteiger partial charge in [-0.05, 0) is 30.7 Å². The van der Waals surface area contributed by atoms with Gasteiger partial charge in [-0.25, -0.2) is 4.42 Å². The van der Waals surface area contributed by atoms with Crippen molar-refractivity contribution in [3.8, 4) is 0 Å². The second kappa shape index (κ2) is 5.35. The summed E-state index contributed by atoms with van der Waals surface area (Å²) in [6.45, 7) is 3.30. The Bertz CT molecular complexity index is 587. The molecule has 0 bridgehead atoms. The molecule has 4 nitrogen and oxygen atoms in total. The molecule has 100 valence electrons. The molecule has 2 aromatic rings. The van der Waals surface area contributed by atoms with Crippen LogP contribution in [0.4, 0.5) is 0 Å². The van der Waals surface area contributed by atoms with E-state index in [9.17, 15) is 4.79 Å². The highest BCUT2D eigenvalue weighted by molar-refractivity contribution is 9.10. The standard InChI is InChI=1S/C13H13BrClN3O/c1-9(19)18(15)13(2,12-6-7-16-17-12)10-4-3-5-11(14)8-10/h3-8H,1-2H3,(H,16,17). The molecule has 1 amide bonds. The number of aromatic amines is 1. The number of benzene rings is 1. The Morgan fingerprint density at radius 3 is 2.74 bits per heavy atom. The van der Waals surface area contributed by atoms with Crippen LogP contribution < -0.4 is 0 Å². The summed E-state index contributed by atoms with van der Waals surface area (Å²) in [6.07, 6.45) is 1.64. The molecule has 0 radical (unpaired) electrons. The summed E-state index contributed by atoms with van der Waals surface area (Å²) in [5, 5.41) is 6.83. The zero-order chi connectivity index (χ0) is 14.0. The minimum Gasteiger partial charge on any atom is -0.280 e. The minimum atomic E-state index is -0.812. The Morgan fingerprint density at radius 2 is 2.21 bits per heavy atom. The predicted molar refractivity (Wildman–Crippen MR) is 77.6 cm³/mol. The van der Waals surface area contributed by atoms with E-state index in [4.69, 9.17) is 11.8 Å². The number of H-pyrrole nitrogens is 1. The Balaban J connectivity index is 2.61. The molecule has 1 aromatic heterocycles. The number of rotatable bonds is 3. The number of halogens is 2. The van der Waals surface area contributed by atoms with Crippen molar-refractivity contribution < 1.29 is 4.79 Å². The Morgan fingerprint density at radius 1 is 1.47 bits per heavy atom. The van der Waals surface area contributed by atoms with Crippen LogP contribution in [-0.2, 0) is 10.3 Å². The maximum absolute atomic E-state index is 11.7. The lowest BCUT2D eigenvalue weighted by atomic mass is 9.88. The van der Waals surface area contributed by atoms with Crippen LogP contribution in [-0.4, -0.2) is 20.5 Å². The maximum atomic E-state index is 11.7. The smallest absolute Gasteiger partial charge is 0.235 e. The first-order chi connectivity index (χ1) is 8.96. The third-order valence-corrected chi connectivity index (χ3v) is 4.15. The topological polar surface area (TPSA) is 49.0 Å². The highest BCUT2D eigenvalue weighted by Crippen LogP contribution is 2.36. The van der Waals surface area contributed by atoms with Crippen LogP contribution in [0.3, 0.4) is 0 Å². The monoisotopic (exact) mass is 341 g/mol. The van der Waals surface area contributed by atoms with E-state index in [1.54, 1.807) is 12.3 Å². The molecule has 0 aliphatic heterocycles. The fourth-order valence-electron chi connectivity index (χ4n) is 2.01. The Hall–Kier alpha value is -1.33. The first-order valence-corrected chi connectivity index (χ1v) is 6.82. The highest BCUT2D eigenvalue weighted by Gasteiger charge is 2.38. The molecular formula is C13H13BrClN3O. The van der Waals surface area contributed by atoms with Gasteiger partial charge in [-0.15, -0.1) is 0 Å². The second-order valence-corrected chi connectivity index (χ2v) is 5.61. The number of carbonyl (C=O) groups is 1. The van der Waals surface area contributed by atoms with Crippen molar-refractivity contribution >= 4 is 33.6 Å². The van der Waals surface area contributed by atoms with E-state index in [1.165, 1.54) is 11.3 Å². The zero-order valence-electron chi connectivity index (χ0n) is 10.5. The van der Waals surface area contributed by atoms with Gasteiger partial charge in [0.25, 0.3) is 0 Å². The van der Waals surface area contributed by atoms with Gasteiger partial charge in [0, 0.05) is 29.4 Å². The normalized spacial score (nSPS) is 13.9. The summed E-state index contributed by atoms with van der Waals surface area (Å²) in [5.41, 5.74) is 0.820. The van der Waals surface area contributed by atoms with E-state index in [2.05, 4.69) is 26.1 Å². The van der Waals surface area contributed by atoms with Crippen LogP contribution >= 0.6 is 27.7 Å². The predicted octanol–water partition coefficient (Wildman–Crippen LogP) is 3.44. The maximum Gasteiger partial charge on any atom is 0.235 e. The fraction of sp³-hybridized carbons (Fsp3) is 0.231. The summed E-state index contributed by atoms with van der Waals surface area (Å²) in [6, 6.07) is 9.48. The molecule has 1 atom stereocenters. The van der Waals surface area contributed by atoms with Crippen LogP contribution in [0.25, 0.3) is 0 Å². The number of carbonyl (C=O) groups excluding carboxylic acids is 1. The van der Waals surface area contributed by atoms with Crippen LogP contribution in [0.15, 0.2) is 41.0 Å². The average Bonchev–Trinajstić information content (AvgIpc) is 2.91. The number of hydrogen-bond acceptors (Lipinski definition) is 2. The number of amides is 1. The summed E-state index contributed by atoms with van der Waals surface area (Å²) >= 11 is 9.65. The summed E-state index contributed by atoms with van der Waals surface area (Å²) in [4.78, 5) is 11.7. The van der Waals surface area contributed by atoms with Gasteiger partial charge in [0.1, 0.15) is 5.54 Å². The number of hydrogen-bond donors (Lipinski definition) is 1. The molecule has 6 heteroatoms. The third kappa shape index (κ3) is 2.53. The SMILES string of the molecule is CC(=O)N(Cl)C(C)(c1cccc(Br)c1)c1ccn[nH]1. The van der Waals surface area contributed by atoms with Gasteiger partial charge in [0.05, 0.1) is 5.69 Å². The lowest BCUT2D eigenvalue weighted by molar-refractivity contribution is -0.127. The van der Waals surface area contributed by atoms with E-state index in [0.717, 1.165) is 15.7 Å². The number of nitrogens with zero attached hydrogens (tertiary/aromatic N) is 2. The van der Waals surface area contributed by atoms with Crippen molar-refractivity contribution in [3.63, 3.8) is 0 Å². The van der Waals surface area contributed by atoms with Gasteiger partial charge in [0.2, 0.25) is 5.91 Å². The number of aromatic nitrogens is 2. The molecular weight excluding hydrogens is 330 g/mol. The fourth-order valence-corrected chi connectivity index (χ4v) is 2.60. The van der Waals surface area contributed by atoms with Gasteiger partial charge < -0.3 is 0 Å². The summed E-state index contributed by atoms with van der Waals surface area (Å²) in [5.74, 6) is -0.237. The molecule has 0 spiro atoms. The van der Waals surface area contributed by atoms with Crippen molar-refractivity contribution in [2.24, 2.45) is 0 Å². The highest BCUT2D eigenvalue weighted by atomic mass is 79.9. The van der Waals surface area contributed by atoms with E-state index in [-0.39, 0.29) is 5.91 Å². The molecule has 0 aliphatic rings. The van der Waals surface area contributed by atoms with Crippen LogP contribution in [0.5, 0.6) is 0 Å². The van der Waals surface area contributed by atoms with Crippen molar-refractivity contribution in [3.05, 3.63) is 52.3 Å². The molecule has 1 heterocycles. The minimum absolute atomic E-state index is 0.237. The molecule has 0 saturated heterocycles. The molecule has 0 saturated carbocycles. The van der Waals surface area contributed by atoms with Gasteiger partial charge >= 0.3 is 0 Å². The van der Waals surface area contributed by atoms with Crippen molar-refractivity contribution in [2.75, 3.05) is 0 Å². The second-order valence-electron chi connectivity index (χ2n) is 4.35. The van der Waals surface area contributed by atoms with Gasteiger partial charge in [-0.1, -0.05) is 28.1 Å². The Labute approximate surface area is 125 Å². The van der Waals surface area contributed by atoms with Crippen LogP contribution in [0.2, 0.25) is 0 Å². The third-order valence-electron chi connectivity index (χ3n) is 3.08. The molecule has 19 heavy (non-hydrogen) atoms. The van der Waals surface area contributed by atoms with E-state index >= 15 is 0 Å². The van der Waals surface area contributed by atoms with Crippen LogP contribution in [0.1, 0.15) is 25.1 Å². The summed E-state index contributed by atoms with van der Waals surface area (Å²) < 4.78 is 2.10. The van der Waals surface area contributed by atoms with Gasteiger partial charge in [-0.3, -0.25) is 9.89 Å². The first-order valence-electron chi connectivity index (χ1n) is 5.68. The van der Waals surface area contributed by atoms with E-state index in [1.807, 2.05) is 31.2 Å². The number of nitrogens with one attached hydrogen (secondary N) is 1. The molecule has 1 aromatic carbocycles. The van der Waals surface area contributed by atoms with Crippen LogP contribution in [0, 0.1) is 0 Å².